The van der Waals surface area contributed by atoms with E-state index in [-0.39, 0.29) is 12.5 Å². The van der Waals surface area contributed by atoms with E-state index in [4.69, 9.17) is 9.47 Å². The van der Waals surface area contributed by atoms with E-state index in [0.29, 0.717) is 36.7 Å². The first-order valence-electron chi connectivity index (χ1n) is 8.58. The van der Waals surface area contributed by atoms with E-state index in [1.807, 2.05) is 30.3 Å². The lowest BCUT2D eigenvalue weighted by Crippen LogP contribution is -2.34. The van der Waals surface area contributed by atoms with Gasteiger partial charge in [0.2, 0.25) is 0 Å². The predicted octanol–water partition coefficient (Wildman–Crippen LogP) is 2.52. The highest BCUT2D eigenvalue weighted by Crippen LogP contribution is 2.30. The monoisotopic (exact) mass is 355 g/mol. The number of nitrogens with one attached hydrogen (secondary N) is 1. The van der Waals surface area contributed by atoms with Gasteiger partial charge in [0.25, 0.3) is 5.91 Å². The minimum atomic E-state index is -0.937. The Morgan fingerprint density at radius 1 is 1.04 bits per heavy atom. The van der Waals surface area contributed by atoms with Crippen LogP contribution in [0.3, 0.4) is 0 Å². The normalized spacial score (nSPS) is 14.2. The Balaban J connectivity index is 1.63. The first-order valence-corrected chi connectivity index (χ1v) is 8.58. The number of carbonyl (C=O) groups excluding carboxylic acids is 1. The molecule has 3 rings (SSSR count). The highest BCUT2D eigenvalue weighted by atomic mass is 16.5. The van der Waals surface area contributed by atoms with Crippen molar-refractivity contribution in [2.45, 2.75) is 12.8 Å². The zero-order chi connectivity index (χ0) is 18.4. The molecule has 0 fully saturated rings. The number of hydrogen-bond donors (Lipinski definition) is 2. The van der Waals surface area contributed by atoms with Crippen LogP contribution in [0.5, 0.6) is 11.5 Å². The Labute approximate surface area is 151 Å². The van der Waals surface area contributed by atoms with Crippen LogP contribution in [0.2, 0.25) is 0 Å². The lowest BCUT2D eigenvalue weighted by molar-refractivity contribution is -0.141. The number of fused-ring (bicyclic) bond motifs is 1. The Hall–Kier alpha value is -3.02. The summed E-state index contributed by atoms with van der Waals surface area (Å²) in [6, 6.07) is 14.3. The van der Waals surface area contributed by atoms with Gasteiger partial charge in [-0.05, 0) is 30.2 Å². The molecule has 0 bridgehead atoms. The molecule has 0 spiro atoms. The van der Waals surface area contributed by atoms with Gasteiger partial charge in [-0.1, -0.05) is 30.3 Å². The van der Waals surface area contributed by atoms with Crippen molar-refractivity contribution >= 4 is 11.9 Å². The molecule has 2 aromatic carbocycles. The number of carbonyl (C=O) groups is 2. The number of hydrogen-bond acceptors (Lipinski definition) is 4. The zero-order valence-corrected chi connectivity index (χ0v) is 14.3. The van der Waals surface area contributed by atoms with Gasteiger partial charge in [0, 0.05) is 18.5 Å². The molecule has 1 atom stereocenters. The quantitative estimate of drug-likeness (QED) is 0.832. The van der Waals surface area contributed by atoms with Crippen molar-refractivity contribution in [1.82, 2.24) is 5.32 Å². The fourth-order valence-electron chi connectivity index (χ4n) is 2.77. The van der Waals surface area contributed by atoms with Crippen molar-refractivity contribution in [3.8, 4) is 11.5 Å². The molecule has 136 valence electrons. The molecule has 1 aliphatic heterocycles. The molecular weight excluding hydrogens is 334 g/mol. The van der Waals surface area contributed by atoms with Crippen molar-refractivity contribution in [3.05, 3.63) is 59.7 Å². The minimum Gasteiger partial charge on any atom is -0.490 e. The van der Waals surface area contributed by atoms with Crippen LogP contribution in [0.4, 0.5) is 0 Å². The molecule has 2 aromatic rings. The molecule has 6 nitrogen and oxygen atoms in total. The van der Waals surface area contributed by atoms with Crippen molar-refractivity contribution < 1.29 is 24.2 Å². The van der Waals surface area contributed by atoms with E-state index >= 15 is 0 Å². The third-order valence-corrected chi connectivity index (χ3v) is 4.19. The predicted molar refractivity (Wildman–Crippen MR) is 95.7 cm³/mol. The Morgan fingerprint density at radius 2 is 1.77 bits per heavy atom. The van der Waals surface area contributed by atoms with Gasteiger partial charge in [0.15, 0.2) is 11.5 Å². The molecule has 0 aliphatic carbocycles. The summed E-state index contributed by atoms with van der Waals surface area (Å²) in [7, 11) is 0. The number of ether oxygens (including phenoxy) is 2. The lowest BCUT2D eigenvalue weighted by atomic mass is 9.99. The summed E-state index contributed by atoms with van der Waals surface area (Å²) in [4.78, 5) is 23.9. The number of carboxylic acid groups (broad SMARTS) is 1. The minimum absolute atomic E-state index is 0.0531. The van der Waals surface area contributed by atoms with Crippen LogP contribution < -0.4 is 14.8 Å². The average Bonchev–Trinajstić information content (AvgIpc) is 2.90. The third kappa shape index (κ3) is 4.53. The van der Waals surface area contributed by atoms with Gasteiger partial charge in [-0.25, -0.2) is 0 Å². The van der Waals surface area contributed by atoms with Gasteiger partial charge in [0.05, 0.1) is 19.1 Å². The molecule has 6 heteroatoms. The van der Waals surface area contributed by atoms with E-state index in [1.165, 1.54) is 0 Å². The number of rotatable bonds is 6. The van der Waals surface area contributed by atoms with Crippen LogP contribution in [0.15, 0.2) is 48.5 Å². The van der Waals surface area contributed by atoms with E-state index in [9.17, 15) is 14.7 Å². The summed E-state index contributed by atoms with van der Waals surface area (Å²) in [5, 5.41) is 12.1. The standard InChI is InChI=1S/C20H21NO5/c22-19(15-7-8-17-18(12-15)26-10-4-9-25-17)21-13-16(20(23)24)11-14-5-2-1-3-6-14/h1-3,5-8,12,16H,4,9-11,13H2,(H,21,22)(H,23,24). The van der Waals surface area contributed by atoms with Crippen molar-refractivity contribution in [2.24, 2.45) is 5.92 Å². The fourth-order valence-corrected chi connectivity index (χ4v) is 2.77. The zero-order valence-electron chi connectivity index (χ0n) is 14.3. The summed E-state index contributed by atoms with van der Waals surface area (Å²) in [5.74, 6) is -0.810. The fraction of sp³-hybridized carbons (Fsp3) is 0.300. The highest BCUT2D eigenvalue weighted by Gasteiger charge is 2.20. The Morgan fingerprint density at radius 3 is 2.50 bits per heavy atom. The van der Waals surface area contributed by atoms with Gasteiger partial charge >= 0.3 is 5.97 Å². The second kappa shape index (κ2) is 8.38. The van der Waals surface area contributed by atoms with Crippen LogP contribution in [-0.2, 0) is 11.2 Å². The van der Waals surface area contributed by atoms with Gasteiger partial charge in [0.1, 0.15) is 0 Å². The molecular formula is C20H21NO5. The van der Waals surface area contributed by atoms with Crippen molar-refractivity contribution in [1.29, 1.82) is 0 Å². The maximum Gasteiger partial charge on any atom is 0.308 e. The second-order valence-electron chi connectivity index (χ2n) is 6.15. The highest BCUT2D eigenvalue weighted by molar-refractivity contribution is 5.95. The molecule has 0 aromatic heterocycles. The number of aliphatic carboxylic acids is 1. The molecule has 1 amide bonds. The molecule has 1 unspecified atom stereocenters. The maximum atomic E-state index is 12.4. The van der Waals surface area contributed by atoms with E-state index in [0.717, 1.165) is 12.0 Å². The summed E-state index contributed by atoms with van der Waals surface area (Å²) < 4.78 is 11.1. The molecule has 1 aliphatic rings. The number of carboxylic acids is 1. The first kappa shape index (κ1) is 17.8. The second-order valence-corrected chi connectivity index (χ2v) is 6.15. The first-order chi connectivity index (χ1) is 12.6. The smallest absolute Gasteiger partial charge is 0.308 e. The maximum absolute atomic E-state index is 12.4. The third-order valence-electron chi connectivity index (χ3n) is 4.19. The summed E-state index contributed by atoms with van der Waals surface area (Å²) in [6.07, 6.45) is 1.15. The molecule has 26 heavy (non-hydrogen) atoms. The molecule has 0 saturated heterocycles. The van der Waals surface area contributed by atoms with Crippen LogP contribution >= 0.6 is 0 Å². The Bertz CT molecular complexity index is 775. The Kier molecular flexibility index (Phi) is 5.73. The van der Waals surface area contributed by atoms with E-state index in [1.54, 1.807) is 18.2 Å². The van der Waals surface area contributed by atoms with Crippen molar-refractivity contribution in [2.75, 3.05) is 19.8 Å². The largest absolute Gasteiger partial charge is 0.490 e. The molecule has 2 N–H and O–H groups in total. The van der Waals surface area contributed by atoms with Gasteiger partial charge in [-0.2, -0.15) is 0 Å². The van der Waals surface area contributed by atoms with Gasteiger partial charge in [-0.15, -0.1) is 0 Å². The van der Waals surface area contributed by atoms with Crippen LogP contribution in [0.1, 0.15) is 22.3 Å². The summed E-state index contributed by atoms with van der Waals surface area (Å²) in [6.45, 7) is 1.17. The number of amides is 1. The van der Waals surface area contributed by atoms with Crippen molar-refractivity contribution in [3.63, 3.8) is 0 Å². The topological polar surface area (TPSA) is 84.9 Å². The van der Waals surface area contributed by atoms with Gasteiger partial charge in [-0.3, -0.25) is 9.59 Å². The molecule has 0 saturated carbocycles. The average molecular weight is 355 g/mol. The lowest BCUT2D eigenvalue weighted by Gasteiger charge is -2.14. The van der Waals surface area contributed by atoms with Crippen LogP contribution in [0, 0.1) is 5.92 Å². The van der Waals surface area contributed by atoms with Crippen LogP contribution in [-0.4, -0.2) is 36.7 Å². The molecule has 1 heterocycles. The van der Waals surface area contributed by atoms with E-state index < -0.39 is 11.9 Å². The van der Waals surface area contributed by atoms with Crippen LogP contribution in [0.25, 0.3) is 0 Å². The van der Waals surface area contributed by atoms with E-state index in [2.05, 4.69) is 5.32 Å². The summed E-state index contributed by atoms with van der Waals surface area (Å²) >= 11 is 0. The number of benzene rings is 2. The summed E-state index contributed by atoms with van der Waals surface area (Å²) in [5.41, 5.74) is 1.34. The SMILES string of the molecule is O=C(NCC(Cc1ccccc1)C(=O)O)c1ccc2c(c1)OCCCO2. The molecule has 0 radical (unpaired) electrons. The van der Waals surface area contributed by atoms with Gasteiger partial charge < -0.3 is 19.9 Å².